The Labute approximate surface area is 141 Å². The van der Waals surface area contributed by atoms with Crippen molar-refractivity contribution in [3.05, 3.63) is 36.5 Å². The fraction of sp³-hybridized carbons (Fsp3) is 0.412. The van der Waals surface area contributed by atoms with Crippen LogP contribution in [0.3, 0.4) is 0 Å². The summed E-state index contributed by atoms with van der Waals surface area (Å²) in [6.07, 6.45) is 5.76. The lowest BCUT2D eigenvalue weighted by Crippen LogP contribution is -2.41. The Morgan fingerprint density at radius 2 is 2.04 bits per heavy atom. The van der Waals surface area contributed by atoms with E-state index in [1.165, 1.54) is 10.6 Å². The molecule has 0 atom stereocenters. The topological polar surface area (TPSA) is 79.4 Å². The maximum atomic E-state index is 12.2. The third-order valence-corrected chi connectivity index (χ3v) is 5.55. The number of benzene rings is 1. The van der Waals surface area contributed by atoms with E-state index in [4.69, 9.17) is 0 Å². The van der Waals surface area contributed by atoms with Gasteiger partial charge in [0.05, 0.1) is 24.0 Å². The van der Waals surface area contributed by atoms with Crippen LogP contribution in [0.4, 0.5) is 5.69 Å². The van der Waals surface area contributed by atoms with Gasteiger partial charge in [0, 0.05) is 24.0 Å². The first-order chi connectivity index (χ1) is 11.5. The van der Waals surface area contributed by atoms with Crippen molar-refractivity contribution < 1.29 is 13.2 Å². The molecule has 1 amide bonds. The summed E-state index contributed by atoms with van der Waals surface area (Å²) in [5.74, 6) is 0.113. The number of sulfonamides is 1. The van der Waals surface area contributed by atoms with Crippen molar-refractivity contribution in [1.82, 2.24) is 10.3 Å². The molecule has 1 fully saturated rings. The van der Waals surface area contributed by atoms with Crippen molar-refractivity contribution in [1.29, 1.82) is 0 Å². The number of carbonyl (C=O) groups excluding carboxylic acids is 1. The highest BCUT2D eigenvalue weighted by molar-refractivity contribution is 7.92. The van der Waals surface area contributed by atoms with Crippen molar-refractivity contribution in [2.24, 2.45) is 5.92 Å². The number of pyridine rings is 1. The van der Waals surface area contributed by atoms with E-state index in [0.29, 0.717) is 11.2 Å². The minimum absolute atomic E-state index is 0.0192. The highest BCUT2D eigenvalue weighted by atomic mass is 32.2. The third kappa shape index (κ3) is 3.51. The molecule has 0 unspecified atom stereocenters. The second kappa shape index (κ2) is 6.76. The number of carbonyl (C=O) groups is 1. The van der Waals surface area contributed by atoms with Gasteiger partial charge in [-0.25, -0.2) is 8.42 Å². The molecule has 1 N–H and O–H groups in total. The van der Waals surface area contributed by atoms with Crippen LogP contribution < -0.4 is 9.62 Å². The minimum atomic E-state index is -3.48. The van der Waals surface area contributed by atoms with E-state index in [-0.39, 0.29) is 24.9 Å². The fourth-order valence-electron chi connectivity index (χ4n) is 2.85. The molecule has 128 valence electrons. The van der Waals surface area contributed by atoms with Crippen LogP contribution in [0.5, 0.6) is 0 Å². The lowest BCUT2D eigenvalue weighted by molar-refractivity contribution is -0.127. The number of anilines is 1. The maximum absolute atomic E-state index is 12.2. The summed E-state index contributed by atoms with van der Waals surface area (Å²) in [4.78, 5) is 16.2. The first kappa shape index (κ1) is 16.7. The normalized spacial score (nSPS) is 15.0. The fourth-order valence-corrected chi connectivity index (χ4v) is 3.78. The van der Waals surface area contributed by atoms with Crippen LogP contribution in [0.2, 0.25) is 0 Å². The smallest absolute Gasteiger partial charge is 0.232 e. The van der Waals surface area contributed by atoms with E-state index < -0.39 is 10.0 Å². The first-order valence-corrected chi connectivity index (χ1v) is 9.91. The van der Waals surface area contributed by atoms with Gasteiger partial charge in [0.1, 0.15) is 0 Å². The molecule has 1 saturated carbocycles. The lowest BCUT2D eigenvalue weighted by atomic mass is 9.85. The molecular weight excluding hydrogens is 326 g/mol. The molecule has 3 rings (SSSR count). The zero-order valence-corrected chi connectivity index (χ0v) is 14.4. The molecule has 7 heteroatoms. The van der Waals surface area contributed by atoms with Crippen LogP contribution in [-0.4, -0.2) is 38.7 Å². The summed E-state index contributed by atoms with van der Waals surface area (Å²) >= 11 is 0. The van der Waals surface area contributed by atoms with E-state index in [2.05, 4.69) is 10.3 Å². The Hall–Kier alpha value is -2.15. The monoisotopic (exact) mass is 347 g/mol. The molecule has 0 aliphatic heterocycles. The quantitative estimate of drug-likeness (QED) is 0.866. The van der Waals surface area contributed by atoms with Gasteiger partial charge in [0.15, 0.2) is 0 Å². The van der Waals surface area contributed by atoms with Crippen LogP contribution in [0, 0.1) is 5.92 Å². The van der Waals surface area contributed by atoms with E-state index >= 15 is 0 Å². The molecule has 2 aromatic rings. The Morgan fingerprint density at radius 1 is 1.29 bits per heavy atom. The van der Waals surface area contributed by atoms with Gasteiger partial charge in [0.25, 0.3) is 0 Å². The van der Waals surface area contributed by atoms with Gasteiger partial charge in [-0.1, -0.05) is 24.6 Å². The number of hydrogen-bond acceptors (Lipinski definition) is 4. The van der Waals surface area contributed by atoms with E-state index in [1.807, 2.05) is 24.3 Å². The molecule has 0 spiro atoms. The highest BCUT2D eigenvalue weighted by Gasteiger charge is 2.25. The second-order valence-corrected chi connectivity index (χ2v) is 8.01. The summed E-state index contributed by atoms with van der Waals surface area (Å²) in [6, 6.07) is 9.15. The molecule has 6 nitrogen and oxygen atoms in total. The van der Waals surface area contributed by atoms with E-state index in [1.54, 1.807) is 12.3 Å². The van der Waals surface area contributed by atoms with Crippen molar-refractivity contribution >= 4 is 32.5 Å². The summed E-state index contributed by atoms with van der Waals surface area (Å²) < 4.78 is 25.8. The number of aromatic nitrogens is 1. The Kier molecular flexibility index (Phi) is 4.71. The minimum Gasteiger partial charge on any atom is -0.354 e. The van der Waals surface area contributed by atoms with Gasteiger partial charge in [0.2, 0.25) is 15.9 Å². The van der Waals surface area contributed by atoms with Crippen LogP contribution in [0.15, 0.2) is 36.5 Å². The average molecular weight is 347 g/mol. The molecule has 24 heavy (non-hydrogen) atoms. The molecule has 1 aromatic carbocycles. The Balaban J connectivity index is 1.80. The van der Waals surface area contributed by atoms with Gasteiger partial charge in [-0.15, -0.1) is 0 Å². The molecule has 0 saturated heterocycles. The number of nitrogens with zero attached hydrogens (tertiary/aromatic N) is 2. The van der Waals surface area contributed by atoms with Gasteiger partial charge in [-0.3, -0.25) is 14.1 Å². The van der Waals surface area contributed by atoms with Crippen molar-refractivity contribution in [3.8, 4) is 0 Å². The zero-order chi connectivity index (χ0) is 17.2. The van der Waals surface area contributed by atoms with Gasteiger partial charge in [-0.2, -0.15) is 0 Å². The Morgan fingerprint density at radius 3 is 2.71 bits per heavy atom. The van der Waals surface area contributed by atoms with Crippen LogP contribution >= 0.6 is 0 Å². The number of para-hydroxylation sites is 1. The van der Waals surface area contributed by atoms with E-state index in [0.717, 1.165) is 24.6 Å². The molecule has 0 radical (unpaired) electrons. The molecule has 0 bridgehead atoms. The van der Waals surface area contributed by atoms with Crippen molar-refractivity contribution in [2.45, 2.75) is 19.3 Å². The first-order valence-electron chi connectivity index (χ1n) is 8.06. The van der Waals surface area contributed by atoms with Gasteiger partial charge < -0.3 is 5.32 Å². The average Bonchev–Trinajstić information content (AvgIpc) is 2.48. The second-order valence-electron chi connectivity index (χ2n) is 6.11. The van der Waals surface area contributed by atoms with E-state index in [9.17, 15) is 13.2 Å². The SMILES string of the molecule is CS(=O)(=O)N(CCNC(=O)C1CCC1)c1cccc2cccnc12. The van der Waals surface area contributed by atoms with Crippen molar-refractivity contribution in [2.75, 3.05) is 23.7 Å². The molecule has 1 aliphatic carbocycles. The molecule has 1 heterocycles. The molecular formula is C17H21N3O3S. The lowest BCUT2D eigenvalue weighted by Gasteiger charge is -2.26. The predicted octanol–water partition coefficient (Wildman–Crippen LogP) is 1.92. The number of nitrogens with one attached hydrogen (secondary N) is 1. The standard InChI is InChI=1S/C17H21N3O3S/c1-24(22,23)20(12-11-19-17(21)14-6-2-7-14)15-9-3-5-13-8-4-10-18-16(13)15/h3-5,8-10,14H,2,6-7,11-12H2,1H3,(H,19,21). The third-order valence-electron chi connectivity index (χ3n) is 4.37. The largest absolute Gasteiger partial charge is 0.354 e. The van der Waals surface area contributed by atoms with Crippen LogP contribution in [-0.2, 0) is 14.8 Å². The van der Waals surface area contributed by atoms with Gasteiger partial charge >= 0.3 is 0 Å². The summed E-state index contributed by atoms with van der Waals surface area (Å²) in [5.41, 5.74) is 1.17. The molecule has 1 aromatic heterocycles. The predicted molar refractivity (Wildman–Crippen MR) is 94.3 cm³/mol. The number of rotatable bonds is 6. The maximum Gasteiger partial charge on any atom is 0.232 e. The summed E-state index contributed by atoms with van der Waals surface area (Å²) in [5, 5.41) is 3.72. The summed E-state index contributed by atoms with van der Waals surface area (Å²) in [6.45, 7) is 0.471. The van der Waals surface area contributed by atoms with Gasteiger partial charge in [-0.05, 0) is 25.0 Å². The Bertz CT molecular complexity index is 842. The number of hydrogen-bond donors (Lipinski definition) is 1. The number of amides is 1. The van der Waals surface area contributed by atoms with Crippen molar-refractivity contribution in [3.63, 3.8) is 0 Å². The number of fused-ring (bicyclic) bond motifs is 1. The van der Waals surface area contributed by atoms with Crippen LogP contribution in [0.25, 0.3) is 10.9 Å². The molecule has 1 aliphatic rings. The summed E-state index contributed by atoms with van der Waals surface area (Å²) in [7, 11) is -3.48. The zero-order valence-electron chi connectivity index (χ0n) is 13.6. The highest BCUT2D eigenvalue weighted by Crippen LogP contribution is 2.27. The van der Waals surface area contributed by atoms with Crippen LogP contribution in [0.1, 0.15) is 19.3 Å².